The van der Waals surface area contributed by atoms with Crippen LogP contribution in [0.2, 0.25) is 0 Å². The SMILES string of the molecule is COC(=O)c1ccc(C(=O)[C@](O)(C(=O)O)[C@@](O)(C(=O)O)C(=O)c2ccc(C(=O)OC)c(C(=O)OC)c2)cc1C(=O)OC. The monoisotopic (exact) mass is 590 g/mol. The Labute approximate surface area is 235 Å². The van der Waals surface area contributed by atoms with E-state index in [-0.39, 0.29) is 0 Å². The average Bonchev–Trinajstić information content (AvgIpc) is 3.00. The fourth-order valence-electron chi connectivity index (χ4n) is 3.75. The number of esters is 4. The molecule has 0 fully saturated rings. The Morgan fingerprint density at radius 3 is 1.00 bits per heavy atom. The highest BCUT2D eigenvalue weighted by Crippen LogP contribution is 2.33. The van der Waals surface area contributed by atoms with Gasteiger partial charge in [-0.05, 0) is 24.3 Å². The van der Waals surface area contributed by atoms with Gasteiger partial charge in [-0.3, -0.25) is 9.59 Å². The number of Topliss-reactive ketones (excluding diaryl/α,β-unsaturated/α-hetero) is 2. The van der Waals surface area contributed by atoms with Crippen LogP contribution in [0.3, 0.4) is 0 Å². The highest BCUT2D eigenvalue weighted by Gasteiger charge is 2.70. The summed E-state index contributed by atoms with van der Waals surface area (Å²) in [6.07, 6.45) is 0. The van der Waals surface area contributed by atoms with Gasteiger partial charge >= 0.3 is 35.8 Å². The number of ketones is 2. The first-order valence-corrected chi connectivity index (χ1v) is 11.2. The molecule has 0 heterocycles. The minimum absolute atomic E-state index is 0.481. The van der Waals surface area contributed by atoms with Crippen molar-refractivity contribution in [1.29, 1.82) is 0 Å². The molecule has 16 heteroatoms. The lowest BCUT2D eigenvalue weighted by Gasteiger charge is -2.34. The van der Waals surface area contributed by atoms with Gasteiger partial charge in [0.05, 0.1) is 50.7 Å². The van der Waals surface area contributed by atoms with E-state index in [1.54, 1.807) is 0 Å². The molecular formula is C26H22O16. The molecule has 0 saturated heterocycles. The highest BCUT2D eigenvalue weighted by molar-refractivity contribution is 6.29. The van der Waals surface area contributed by atoms with Crippen LogP contribution in [0.5, 0.6) is 0 Å². The topological polar surface area (TPSA) is 254 Å². The Hall–Kier alpha value is -5.48. The van der Waals surface area contributed by atoms with Gasteiger partial charge in [-0.15, -0.1) is 0 Å². The number of carboxylic acid groups (broad SMARTS) is 2. The van der Waals surface area contributed by atoms with E-state index in [2.05, 4.69) is 18.9 Å². The van der Waals surface area contributed by atoms with Gasteiger partial charge in [0, 0.05) is 11.1 Å². The molecule has 0 aliphatic heterocycles. The van der Waals surface area contributed by atoms with E-state index in [9.17, 15) is 58.8 Å². The molecule has 0 aromatic heterocycles. The van der Waals surface area contributed by atoms with Crippen LogP contribution in [0, 0.1) is 0 Å². The van der Waals surface area contributed by atoms with Gasteiger partial charge < -0.3 is 39.4 Å². The summed E-state index contributed by atoms with van der Waals surface area (Å²) < 4.78 is 18.0. The molecule has 4 N–H and O–H groups in total. The van der Waals surface area contributed by atoms with Crippen LogP contribution in [0.25, 0.3) is 0 Å². The lowest BCUT2D eigenvalue weighted by molar-refractivity contribution is -0.187. The standard InChI is InChI=1S/C26H22O16/c1-39-19(29)13-7-5-11(9-15(13)21(31)41-3)17(27)25(37,23(33)34)26(38,24(35)36)18(28)12-6-8-14(20(30)40-2)16(10-12)22(32)42-4/h5-10,37-38H,1-4H3,(H,33,34)(H,35,36)/t25-,26-/m0/s1. The summed E-state index contributed by atoms with van der Waals surface area (Å²) in [4.78, 5) is 99.9. The number of hydrogen-bond donors (Lipinski definition) is 4. The molecule has 42 heavy (non-hydrogen) atoms. The number of carbonyl (C=O) groups excluding carboxylic acids is 6. The van der Waals surface area contributed by atoms with Crippen molar-refractivity contribution >= 4 is 47.4 Å². The molecule has 2 aromatic rings. The molecule has 222 valence electrons. The highest BCUT2D eigenvalue weighted by atomic mass is 16.5. The number of carbonyl (C=O) groups is 8. The van der Waals surface area contributed by atoms with Crippen LogP contribution in [0.15, 0.2) is 36.4 Å². The quantitative estimate of drug-likeness (QED) is 0.112. The maximum Gasteiger partial charge on any atom is 0.348 e. The molecule has 0 bridgehead atoms. The summed E-state index contributed by atoms with van der Waals surface area (Å²) in [6.45, 7) is 0. The minimum Gasteiger partial charge on any atom is -0.479 e. The molecule has 0 spiro atoms. The zero-order chi connectivity index (χ0) is 32.2. The fourth-order valence-corrected chi connectivity index (χ4v) is 3.75. The number of aliphatic hydroxyl groups is 2. The zero-order valence-electron chi connectivity index (χ0n) is 22.2. The Balaban J connectivity index is 2.85. The van der Waals surface area contributed by atoms with E-state index in [1.807, 2.05) is 0 Å². The van der Waals surface area contributed by atoms with Crippen molar-refractivity contribution in [3.8, 4) is 0 Å². The number of methoxy groups -OCH3 is 4. The van der Waals surface area contributed by atoms with E-state index in [0.29, 0.717) is 24.3 Å². The predicted octanol–water partition coefficient (Wildman–Crippen LogP) is -0.470. The van der Waals surface area contributed by atoms with Crippen LogP contribution < -0.4 is 0 Å². The number of benzene rings is 2. The maximum atomic E-state index is 13.4. The molecule has 2 atom stereocenters. The molecule has 0 aliphatic carbocycles. The number of rotatable bonds is 11. The Morgan fingerprint density at radius 1 is 0.500 bits per heavy atom. The van der Waals surface area contributed by atoms with E-state index >= 15 is 0 Å². The second-order valence-electron chi connectivity index (χ2n) is 8.18. The van der Waals surface area contributed by atoms with E-state index in [1.165, 1.54) is 0 Å². The van der Waals surface area contributed by atoms with Crippen molar-refractivity contribution < 1.29 is 77.7 Å². The van der Waals surface area contributed by atoms with Crippen LogP contribution >= 0.6 is 0 Å². The van der Waals surface area contributed by atoms with Gasteiger partial charge in [-0.2, -0.15) is 0 Å². The Bertz CT molecular complexity index is 1410. The molecule has 0 amide bonds. The molecule has 2 rings (SSSR count). The van der Waals surface area contributed by atoms with Gasteiger partial charge in [0.2, 0.25) is 11.6 Å². The molecular weight excluding hydrogens is 568 g/mol. The summed E-state index contributed by atoms with van der Waals surface area (Å²) >= 11 is 0. The second-order valence-corrected chi connectivity index (χ2v) is 8.18. The lowest BCUT2D eigenvalue weighted by atomic mass is 9.72. The number of aliphatic carboxylic acids is 2. The summed E-state index contributed by atoms with van der Waals surface area (Å²) in [5.41, 5.74) is -13.3. The van der Waals surface area contributed by atoms with E-state index in [4.69, 9.17) is 0 Å². The summed E-state index contributed by atoms with van der Waals surface area (Å²) in [5.74, 6) is -14.4. The Kier molecular flexibility index (Phi) is 9.63. The van der Waals surface area contributed by atoms with Gasteiger partial charge in [0.15, 0.2) is 0 Å². The van der Waals surface area contributed by atoms with E-state index < -0.39 is 92.0 Å². The largest absolute Gasteiger partial charge is 0.479 e. The first-order valence-electron chi connectivity index (χ1n) is 11.2. The number of hydrogen-bond acceptors (Lipinski definition) is 14. The van der Waals surface area contributed by atoms with Crippen molar-refractivity contribution in [2.75, 3.05) is 28.4 Å². The normalized spacial score (nSPS) is 13.4. The number of ether oxygens (including phenoxy) is 4. The third kappa shape index (κ3) is 5.30. The van der Waals surface area contributed by atoms with Crippen molar-refractivity contribution in [3.63, 3.8) is 0 Å². The second kappa shape index (κ2) is 12.4. The fraction of sp³-hybridized carbons (Fsp3) is 0.231. The molecule has 0 aliphatic rings. The summed E-state index contributed by atoms with van der Waals surface area (Å²) in [6, 6.07) is 4.01. The third-order valence-electron chi connectivity index (χ3n) is 5.98. The van der Waals surface area contributed by atoms with Gasteiger partial charge in [0.1, 0.15) is 0 Å². The van der Waals surface area contributed by atoms with E-state index in [0.717, 1.165) is 40.6 Å². The lowest BCUT2D eigenvalue weighted by Crippen LogP contribution is -2.71. The van der Waals surface area contributed by atoms with Gasteiger partial charge in [-0.25, -0.2) is 28.8 Å². The van der Waals surface area contributed by atoms with Crippen molar-refractivity contribution in [1.82, 2.24) is 0 Å². The molecule has 0 radical (unpaired) electrons. The van der Waals surface area contributed by atoms with Gasteiger partial charge in [-0.1, -0.05) is 12.1 Å². The first-order chi connectivity index (χ1) is 19.6. The average molecular weight is 590 g/mol. The van der Waals surface area contributed by atoms with Crippen LogP contribution in [-0.4, -0.2) is 107 Å². The van der Waals surface area contributed by atoms with Gasteiger partial charge in [0.25, 0.3) is 11.2 Å². The third-order valence-corrected chi connectivity index (χ3v) is 5.98. The van der Waals surface area contributed by atoms with Crippen molar-refractivity contribution in [3.05, 3.63) is 69.8 Å². The minimum atomic E-state index is -4.50. The molecule has 0 saturated carbocycles. The van der Waals surface area contributed by atoms with Crippen molar-refractivity contribution in [2.24, 2.45) is 0 Å². The Morgan fingerprint density at radius 2 is 0.762 bits per heavy atom. The maximum absolute atomic E-state index is 13.4. The predicted molar refractivity (Wildman–Crippen MR) is 132 cm³/mol. The summed E-state index contributed by atoms with van der Waals surface area (Å²) in [7, 11) is 3.68. The van der Waals surface area contributed by atoms with Crippen LogP contribution in [-0.2, 0) is 28.5 Å². The summed E-state index contributed by atoms with van der Waals surface area (Å²) in [5, 5.41) is 41.8. The van der Waals surface area contributed by atoms with Crippen molar-refractivity contribution in [2.45, 2.75) is 11.2 Å². The molecule has 2 aromatic carbocycles. The molecule has 0 unspecified atom stereocenters. The first kappa shape index (κ1) is 32.7. The smallest absolute Gasteiger partial charge is 0.348 e. The number of carboxylic acids is 2. The van der Waals surface area contributed by atoms with Crippen LogP contribution in [0.1, 0.15) is 62.1 Å². The zero-order valence-corrected chi connectivity index (χ0v) is 22.2. The molecule has 16 nitrogen and oxygen atoms in total. The van der Waals surface area contributed by atoms with Crippen LogP contribution in [0.4, 0.5) is 0 Å².